The molecule has 0 spiro atoms. The number of rotatable bonds is 5. The third kappa shape index (κ3) is 3.79. The number of hydrogen-bond acceptors (Lipinski definition) is 5. The summed E-state index contributed by atoms with van der Waals surface area (Å²) in [5.74, 6) is -0.400. The molecule has 1 amide bonds. The summed E-state index contributed by atoms with van der Waals surface area (Å²) < 4.78 is 26.8. The largest absolute Gasteiger partial charge is 0.321 e. The number of benzene rings is 2. The Kier molecular flexibility index (Phi) is 4.59. The van der Waals surface area contributed by atoms with E-state index in [2.05, 4.69) is 15.0 Å². The Hall–Kier alpha value is -2.71. The van der Waals surface area contributed by atoms with Crippen molar-refractivity contribution in [2.45, 2.75) is 4.90 Å². The van der Waals surface area contributed by atoms with Gasteiger partial charge in [0, 0.05) is 11.1 Å². The number of nitrogens with one attached hydrogen (secondary N) is 2. The zero-order valence-corrected chi connectivity index (χ0v) is 14.0. The van der Waals surface area contributed by atoms with Crippen LogP contribution in [0.3, 0.4) is 0 Å². The fraction of sp³-hybridized carbons (Fsp3) is 0. The standard InChI is InChI=1S/C16H13N3O3S2/c20-15(17-12-7-3-1-4-8-12)14-11-23-16(18-14)19-24(21,22)13-9-5-2-6-10-13/h1-11H,(H,17,20)(H,18,19). The average molecular weight is 359 g/mol. The molecule has 24 heavy (non-hydrogen) atoms. The van der Waals surface area contributed by atoms with E-state index >= 15 is 0 Å². The lowest BCUT2D eigenvalue weighted by atomic mass is 10.3. The van der Waals surface area contributed by atoms with E-state index in [1.165, 1.54) is 17.5 Å². The maximum atomic E-state index is 12.2. The molecular formula is C16H13N3O3S2. The third-order valence-corrected chi connectivity index (χ3v) is 5.29. The molecule has 0 saturated carbocycles. The van der Waals surface area contributed by atoms with E-state index in [-0.39, 0.29) is 15.7 Å². The molecule has 122 valence electrons. The van der Waals surface area contributed by atoms with E-state index in [1.807, 2.05) is 6.07 Å². The second kappa shape index (κ2) is 6.81. The smallest absolute Gasteiger partial charge is 0.275 e. The van der Waals surface area contributed by atoms with Crippen LogP contribution in [0.4, 0.5) is 10.8 Å². The molecule has 0 aliphatic rings. The second-order valence-electron chi connectivity index (χ2n) is 4.78. The van der Waals surface area contributed by atoms with Gasteiger partial charge >= 0.3 is 0 Å². The fourth-order valence-electron chi connectivity index (χ4n) is 1.92. The van der Waals surface area contributed by atoms with Gasteiger partial charge in [-0.05, 0) is 24.3 Å². The first-order valence-electron chi connectivity index (χ1n) is 6.94. The summed E-state index contributed by atoms with van der Waals surface area (Å²) in [6.45, 7) is 0. The summed E-state index contributed by atoms with van der Waals surface area (Å²) in [5, 5.41) is 4.33. The average Bonchev–Trinajstić information content (AvgIpc) is 3.04. The number of carbonyl (C=O) groups is 1. The first-order chi connectivity index (χ1) is 11.5. The molecule has 0 atom stereocenters. The predicted octanol–water partition coefficient (Wildman–Crippen LogP) is 3.20. The lowest BCUT2D eigenvalue weighted by Crippen LogP contribution is -2.14. The van der Waals surface area contributed by atoms with Crippen LogP contribution in [-0.4, -0.2) is 19.3 Å². The summed E-state index contributed by atoms with van der Waals surface area (Å²) in [5.41, 5.74) is 0.788. The van der Waals surface area contributed by atoms with Crippen molar-refractivity contribution in [1.29, 1.82) is 0 Å². The van der Waals surface area contributed by atoms with Crippen LogP contribution < -0.4 is 10.0 Å². The van der Waals surface area contributed by atoms with Crippen LogP contribution in [0.15, 0.2) is 70.9 Å². The summed E-state index contributed by atoms with van der Waals surface area (Å²) in [7, 11) is -3.72. The minimum absolute atomic E-state index is 0.135. The third-order valence-electron chi connectivity index (χ3n) is 3.04. The topological polar surface area (TPSA) is 88.2 Å². The highest BCUT2D eigenvalue weighted by Gasteiger charge is 2.17. The van der Waals surface area contributed by atoms with Crippen molar-refractivity contribution >= 4 is 38.1 Å². The van der Waals surface area contributed by atoms with Crippen molar-refractivity contribution < 1.29 is 13.2 Å². The first kappa shape index (κ1) is 16.2. The Morgan fingerprint density at radius 3 is 2.25 bits per heavy atom. The van der Waals surface area contributed by atoms with Gasteiger partial charge in [-0.1, -0.05) is 36.4 Å². The Morgan fingerprint density at radius 1 is 0.958 bits per heavy atom. The number of thiazole rings is 1. The molecule has 8 heteroatoms. The van der Waals surface area contributed by atoms with Crippen molar-refractivity contribution in [3.05, 3.63) is 71.7 Å². The highest BCUT2D eigenvalue weighted by Crippen LogP contribution is 2.20. The van der Waals surface area contributed by atoms with Gasteiger partial charge < -0.3 is 5.32 Å². The zero-order valence-electron chi connectivity index (χ0n) is 12.3. The highest BCUT2D eigenvalue weighted by molar-refractivity contribution is 7.93. The minimum atomic E-state index is -3.72. The van der Waals surface area contributed by atoms with Gasteiger partial charge in [-0.3, -0.25) is 9.52 Å². The number of hydrogen-bond donors (Lipinski definition) is 2. The molecule has 1 heterocycles. The van der Waals surface area contributed by atoms with E-state index in [9.17, 15) is 13.2 Å². The van der Waals surface area contributed by atoms with E-state index in [1.54, 1.807) is 42.5 Å². The van der Waals surface area contributed by atoms with Gasteiger partial charge in [0.05, 0.1) is 4.90 Å². The molecule has 0 aliphatic carbocycles. The molecular weight excluding hydrogens is 346 g/mol. The van der Waals surface area contributed by atoms with Crippen LogP contribution >= 0.6 is 11.3 Å². The van der Waals surface area contributed by atoms with E-state index in [0.29, 0.717) is 5.69 Å². The molecule has 3 aromatic rings. The Balaban J connectivity index is 1.73. The number of sulfonamides is 1. The lowest BCUT2D eigenvalue weighted by molar-refractivity contribution is 0.102. The van der Waals surface area contributed by atoms with Gasteiger partial charge in [0.1, 0.15) is 5.69 Å². The number of amides is 1. The maximum absolute atomic E-state index is 12.2. The molecule has 0 bridgehead atoms. The molecule has 0 aliphatic heterocycles. The monoisotopic (exact) mass is 359 g/mol. The normalized spacial score (nSPS) is 11.0. The molecule has 0 saturated heterocycles. The molecule has 0 fully saturated rings. The zero-order chi connectivity index (χ0) is 17.0. The van der Waals surface area contributed by atoms with E-state index < -0.39 is 15.9 Å². The van der Waals surface area contributed by atoms with Crippen LogP contribution in [0.1, 0.15) is 10.5 Å². The molecule has 6 nitrogen and oxygen atoms in total. The fourth-order valence-corrected chi connectivity index (χ4v) is 3.88. The van der Waals surface area contributed by atoms with Crippen LogP contribution in [0.2, 0.25) is 0 Å². The maximum Gasteiger partial charge on any atom is 0.275 e. The van der Waals surface area contributed by atoms with Gasteiger partial charge in [-0.25, -0.2) is 13.4 Å². The molecule has 0 radical (unpaired) electrons. The van der Waals surface area contributed by atoms with Crippen molar-refractivity contribution in [3.8, 4) is 0 Å². The van der Waals surface area contributed by atoms with Crippen molar-refractivity contribution in [2.24, 2.45) is 0 Å². The first-order valence-corrected chi connectivity index (χ1v) is 9.31. The Bertz CT molecular complexity index is 939. The number of nitrogens with zero attached hydrogens (tertiary/aromatic N) is 1. The number of aromatic nitrogens is 1. The number of para-hydroxylation sites is 1. The number of anilines is 2. The predicted molar refractivity (Wildman–Crippen MR) is 93.8 cm³/mol. The molecule has 1 aromatic heterocycles. The quantitative estimate of drug-likeness (QED) is 0.732. The van der Waals surface area contributed by atoms with E-state index in [4.69, 9.17) is 0 Å². The van der Waals surface area contributed by atoms with Crippen molar-refractivity contribution in [3.63, 3.8) is 0 Å². The summed E-state index contributed by atoms with van der Waals surface area (Å²) >= 11 is 1.05. The van der Waals surface area contributed by atoms with Gasteiger partial charge in [0.15, 0.2) is 5.13 Å². The minimum Gasteiger partial charge on any atom is -0.321 e. The van der Waals surface area contributed by atoms with Gasteiger partial charge in [0.25, 0.3) is 15.9 Å². The molecule has 0 unspecified atom stereocenters. The highest BCUT2D eigenvalue weighted by atomic mass is 32.2. The molecule has 3 rings (SSSR count). The van der Waals surface area contributed by atoms with Crippen LogP contribution in [0, 0.1) is 0 Å². The summed E-state index contributed by atoms with van der Waals surface area (Å²) in [6, 6.07) is 16.9. The number of carbonyl (C=O) groups excluding carboxylic acids is 1. The van der Waals surface area contributed by atoms with Crippen LogP contribution in [0.25, 0.3) is 0 Å². The Labute approximate surface area is 143 Å². The SMILES string of the molecule is O=C(Nc1ccccc1)c1csc(NS(=O)(=O)c2ccccc2)n1. The van der Waals surface area contributed by atoms with Crippen molar-refractivity contribution in [2.75, 3.05) is 10.0 Å². The van der Waals surface area contributed by atoms with Gasteiger partial charge in [0.2, 0.25) is 0 Å². The lowest BCUT2D eigenvalue weighted by Gasteiger charge is -2.04. The molecule has 2 aromatic carbocycles. The van der Waals surface area contributed by atoms with Gasteiger partial charge in [-0.15, -0.1) is 11.3 Å². The van der Waals surface area contributed by atoms with E-state index in [0.717, 1.165) is 11.3 Å². The van der Waals surface area contributed by atoms with Gasteiger partial charge in [-0.2, -0.15) is 0 Å². The molecule has 2 N–H and O–H groups in total. The van der Waals surface area contributed by atoms with Crippen LogP contribution in [-0.2, 0) is 10.0 Å². The summed E-state index contributed by atoms with van der Waals surface area (Å²) in [4.78, 5) is 16.3. The van der Waals surface area contributed by atoms with Crippen molar-refractivity contribution in [1.82, 2.24) is 4.98 Å². The van der Waals surface area contributed by atoms with Crippen LogP contribution in [0.5, 0.6) is 0 Å². The summed E-state index contributed by atoms with van der Waals surface area (Å²) in [6.07, 6.45) is 0. The Morgan fingerprint density at radius 2 is 1.58 bits per heavy atom. The second-order valence-corrected chi connectivity index (χ2v) is 7.32.